The minimum atomic E-state index is -0.162. The van der Waals surface area contributed by atoms with Crippen LogP contribution in [0.2, 0.25) is 10.0 Å². The molecule has 1 heterocycles. The molecule has 2 aromatic carbocycles. The summed E-state index contributed by atoms with van der Waals surface area (Å²) in [5.41, 5.74) is 1.34. The standard InChI is InChI=1S/C18H15Cl2NO3/c19-13-8-14(20)10-16(9-13)24-11-17(22)12-3-5-15(6-4-12)21-7-1-2-18(21)23/h3-6,8-10H,1-2,7,11H2. The molecule has 0 spiro atoms. The van der Waals surface area contributed by atoms with E-state index < -0.39 is 0 Å². The van der Waals surface area contributed by atoms with E-state index in [0.717, 1.165) is 18.7 Å². The number of anilines is 1. The van der Waals surface area contributed by atoms with Crippen LogP contribution in [0.4, 0.5) is 5.69 Å². The number of ketones is 1. The highest BCUT2D eigenvalue weighted by molar-refractivity contribution is 6.34. The van der Waals surface area contributed by atoms with Gasteiger partial charge in [0, 0.05) is 34.3 Å². The summed E-state index contributed by atoms with van der Waals surface area (Å²) in [7, 11) is 0. The predicted octanol–water partition coefficient (Wildman–Crippen LogP) is 4.38. The molecule has 3 rings (SSSR count). The van der Waals surface area contributed by atoms with Crippen LogP contribution < -0.4 is 9.64 Å². The molecule has 24 heavy (non-hydrogen) atoms. The molecule has 6 heteroatoms. The number of benzene rings is 2. The van der Waals surface area contributed by atoms with Gasteiger partial charge in [-0.1, -0.05) is 23.2 Å². The lowest BCUT2D eigenvalue weighted by molar-refractivity contribution is -0.117. The van der Waals surface area contributed by atoms with Crippen molar-refractivity contribution in [1.82, 2.24) is 0 Å². The van der Waals surface area contributed by atoms with Crippen molar-refractivity contribution < 1.29 is 14.3 Å². The molecule has 0 bridgehead atoms. The predicted molar refractivity (Wildman–Crippen MR) is 94.3 cm³/mol. The molecule has 1 aliphatic rings. The Kier molecular flexibility index (Phi) is 5.07. The number of Topliss-reactive ketones (excluding diaryl/α,β-unsaturated/α-hetero) is 1. The molecule has 0 aliphatic carbocycles. The quantitative estimate of drug-likeness (QED) is 0.740. The number of carbonyl (C=O) groups excluding carboxylic acids is 2. The van der Waals surface area contributed by atoms with Gasteiger partial charge < -0.3 is 9.64 Å². The maximum absolute atomic E-state index is 12.2. The molecule has 1 amide bonds. The van der Waals surface area contributed by atoms with Gasteiger partial charge in [0.2, 0.25) is 5.91 Å². The summed E-state index contributed by atoms with van der Waals surface area (Å²) in [5, 5.41) is 0.897. The van der Waals surface area contributed by atoms with E-state index in [1.807, 2.05) is 0 Å². The molecule has 0 saturated carbocycles. The molecular formula is C18H15Cl2NO3. The highest BCUT2D eigenvalue weighted by Gasteiger charge is 2.21. The highest BCUT2D eigenvalue weighted by Crippen LogP contribution is 2.25. The monoisotopic (exact) mass is 363 g/mol. The van der Waals surface area contributed by atoms with Crippen molar-refractivity contribution in [2.45, 2.75) is 12.8 Å². The third kappa shape index (κ3) is 3.89. The second-order valence-electron chi connectivity index (χ2n) is 5.51. The maximum atomic E-state index is 12.2. The summed E-state index contributed by atoms with van der Waals surface area (Å²) in [6.45, 7) is 0.615. The van der Waals surface area contributed by atoms with Crippen molar-refractivity contribution in [3.8, 4) is 5.75 Å². The van der Waals surface area contributed by atoms with Crippen LogP contribution in [0.3, 0.4) is 0 Å². The first-order valence-electron chi connectivity index (χ1n) is 7.55. The molecule has 2 aromatic rings. The van der Waals surface area contributed by atoms with Gasteiger partial charge in [0.1, 0.15) is 5.75 Å². The first-order chi connectivity index (χ1) is 11.5. The summed E-state index contributed by atoms with van der Waals surface area (Å²) >= 11 is 11.8. The van der Waals surface area contributed by atoms with Gasteiger partial charge in [-0.2, -0.15) is 0 Å². The number of nitrogens with zero attached hydrogens (tertiary/aromatic N) is 1. The van der Waals surface area contributed by atoms with Gasteiger partial charge in [-0.05, 0) is 48.9 Å². The minimum Gasteiger partial charge on any atom is -0.485 e. The fourth-order valence-electron chi connectivity index (χ4n) is 2.59. The zero-order chi connectivity index (χ0) is 17.1. The fourth-order valence-corrected chi connectivity index (χ4v) is 3.10. The van der Waals surface area contributed by atoms with Crippen LogP contribution in [0.15, 0.2) is 42.5 Å². The molecule has 1 aliphatic heterocycles. The number of ether oxygens (including phenoxy) is 1. The van der Waals surface area contributed by atoms with Crippen molar-refractivity contribution in [2.75, 3.05) is 18.1 Å². The Labute approximate surface area is 149 Å². The van der Waals surface area contributed by atoms with Gasteiger partial charge in [0.05, 0.1) is 0 Å². The van der Waals surface area contributed by atoms with Gasteiger partial charge in [0.25, 0.3) is 0 Å². The zero-order valence-electron chi connectivity index (χ0n) is 12.8. The summed E-state index contributed by atoms with van der Waals surface area (Å²) in [6, 6.07) is 11.8. The van der Waals surface area contributed by atoms with E-state index in [4.69, 9.17) is 27.9 Å². The normalized spacial score (nSPS) is 14.1. The number of hydrogen-bond donors (Lipinski definition) is 0. The topological polar surface area (TPSA) is 46.6 Å². The lowest BCUT2D eigenvalue weighted by atomic mass is 10.1. The minimum absolute atomic E-state index is 0.112. The van der Waals surface area contributed by atoms with Gasteiger partial charge in [-0.25, -0.2) is 0 Å². The Morgan fingerprint density at radius 1 is 1.08 bits per heavy atom. The Morgan fingerprint density at radius 3 is 2.33 bits per heavy atom. The van der Waals surface area contributed by atoms with E-state index in [2.05, 4.69) is 0 Å². The van der Waals surface area contributed by atoms with Crippen LogP contribution in [-0.2, 0) is 4.79 Å². The fraction of sp³-hybridized carbons (Fsp3) is 0.222. The van der Waals surface area contributed by atoms with E-state index in [0.29, 0.717) is 27.8 Å². The number of amides is 1. The van der Waals surface area contributed by atoms with Crippen molar-refractivity contribution in [3.05, 3.63) is 58.1 Å². The molecule has 0 aromatic heterocycles. The molecule has 1 saturated heterocycles. The molecule has 0 radical (unpaired) electrons. The Hall–Kier alpha value is -2.04. The molecule has 4 nitrogen and oxygen atoms in total. The largest absolute Gasteiger partial charge is 0.485 e. The van der Waals surface area contributed by atoms with Crippen LogP contribution in [0, 0.1) is 0 Å². The van der Waals surface area contributed by atoms with E-state index in [1.165, 1.54) is 0 Å². The number of rotatable bonds is 5. The van der Waals surface area contributed by atoms with Crippen LogP contribution >= 0.6 is 23.2 Å². The lowest BCUT2D eigenvalue weighted by Crippen LogP contribution is -2.23. The zero-order valence-corrected chi connectivity index (χ0v) is 14.3. The van der Waals surface area contributed by atoms with Gasteiger partial charge in [-0.3, -0.25) is 9.59 Å². The number of carbonyl (C=O) groups is 2. The molecule has 124 valence electrons. The smallest absolute Gasteiger partial charge is 0.227 e. The number of hydrogen-bond acceptors (Lipinski definition) is 3. The van der Waals surface area contributed by atoms with Crippen molar-refractivity contribution in [3.63, 3.8) is 0 Å². The van der Waals surface area contributed by atoms with Crippen LogP contribution in [0.25, 0.3) is 0 Å². The van der Waals surface area contributed by atoms with Crippen LogP contribution in [0.5, 0.6) is 5.75 Å². The second-order valence-corrected chi connectivity index (χ2v) is 6.39. The summed E-state index contributed by atoms with van der Waals surface area (Å²) in [6.07, 6.45) is 1.45. The highest BCUT2D eigenvalue weighted by atomic mass is 35.5. The SMILES string of the molecule is O=C(COc1cc(Cl)cc(Cl)c1)c1ccc(N2CCCC2=O)cc1. The Bertz CT molecular complexity index is 754. The van der Waals surface area contributed by atoms with Gasteiger partial charge >= 0.3 is 0 Å². The second kappa shape index (κ2) is 7.24. The van der Waals surface area contributed by atoms with Crippen molar-refractivity contribution in [1.29, 1.82) is 0 Å². The maximum Gasteiger partial charge on any atom is 0.227 e. The number of halogens is 2. The summed E-state index contributed by atoms with van der Waals surface area (Å²) in [4.78, 5) is 25.7. The molecule has 0 N–H and O–H groups in total. The average molecular weight is 364 g/mol. The average Bonchev–Trinajstić information content (AvgIpc) is 2.98. The summed E-state index contributed by atoms with van der Waals surface area (Å²) in [5.74, 6) is 0.403. The first kappa shape index (κ1) is 16.8. The Balaban J connectivity index is 1.63. The molecule has 0 atom stereocenters. The van der Waals surface area contributed by atoms with E-state index in [1.54, 1.807) is 47.4 Å². The lowest BCUT2D eigenvalue weighted by Gasteiger charge is -2.15. The van der Waals surface area contributed by atoms with Gasteiger partial charge in [0.15, 0.2) is 12.4 Å². The third-order valence-corrected chi connectivity index (χ3v) is 4.22. The van der Waals surface area contributed by atoms with E-state index in [-0.39, 0.29) is 18.3 Å². The van der Waals surface area contributed by atoms with Crippen LogP contribution in [0.1, 0.15) is 23.2 Å². The van der Waals surface area contributed by atoms with Crippen molar-refractivity contribution in [2.24, 2.45) is 0 Å². The first-order valence-corrected chi connectivity index (χ1v) is 8.31. The molecule has 1 fully saturated rings. The third-order valence-electron chi connectivity index (χ3n) is 3.78. The summed E-state index contributed by atoms with van der Waals surface area (Å²) < 4.78 is 5.45. The Morgan fingerprint density at radius 2 is 1.75 bits per heavy atom. The molecule has 0 unspecified atom stereocenters. The van der Waals surface area contributed by atoms with Crippen LogP contribution in [-0.4, -0.2) is 24.8 Å². The van der Waals surface area contributed by atoms with E-state index >= 15 is 0 Å². The van der Waals surface area contributed by atoms with E-state index in [9.17, 15) is 9.59 Å². The molecular weight excluding hydrogens is 349 g/mol. The van der Waals surface area contributed by atoms with Crippen molar-refractivity contribution >= 4 is 40.6 Å². The van der Waals surface area contributed by atoms with Gasteiger partial charge in [-0.15, -0.1) is 0 Å².